The number of nitrogens with zero attached hydrogens (tertiary/aromatic N) is 2. The molecule has 0 aromatic carbocycles. The summed E-state index contributed by atoms with van der Waals surface area (Å²) >= 11 is 0. The van der Waals surface area contributed by atoms with E-state index >= 15 is 0 Å². The number of nitrogens with one attached hydrogen (secondary N) is 1. The van der Waals surface area contributed by atoms with Gasteiger partial charge in [0.25, 0.3) is 5.91 Å². The van der Waals surface area contributed by atoms with Crippen LogP contribution in [0.3, 0.4) is 0 Å². The molecule has 1 N–H and O–H groups in total. The molecule has 0 saturated carbocycles. The van der Waals surface area contributed by atoms with Gasteiger partial charge < -0.3 is 9.84 Å². The number of aryl methyl sites for hydroxylation is 1. The quantitative estimate of drug-likeness (QED) is 0.922. The van der Waals surface area contributed by atoms with Crippen molar-refractivity contribution < 1.29 is 9.32 Å². The number of carbonyl (C=O) groups excluding carboxylic acids is 1. The van der Waals surface area contributed by atoms with Crippen LogP contribution in [-0.4, -0.2) is 16.0 Å². The molecule has 5 heteroatoms. The maximum absolute atomic E-state index is 12.4. The Balaban J connectivity index is 1.82. The van der Waals surface area contributed by atoms with E-state index in [0.29, 0.717) is 17.3 Å². The first-order valence-corrected chi connectivity index (χ1v) is 7.64. The van der Waals surface area contributed by atoms with Crippen LogP contribution in [0.25, 0.3) is 0 Å². The molecule has 1 unspecified atom stereocenters. The number of amides is 1. The highest BCUT2D eigenvalue weighted by molar-refractivity contribution is 6.03. The molecule has 1 amide bonds. The van der Waals surface area contributed by atoms with Gasteiger partial charge in [0.2, 0.25) is 0 Å². The van der Waals surface area contributed by atoms with E-state index in [1.54, 1.807) is 24.5 Å². The molecule has 2 aromatic rings. The molecule has 0 aliphatic heterocycles. The fraction of sp³-hybridized carbons (Fsp3) is 0.471. The smallest absolute Gasteiger partial charge is 0.278 e. The highest BCUT2D eigenvalue weighted by Gasteiger charge is 2.34. The first kappa shape index (κ1) is 14.8. The molecular formula is C17H21N3O2. The second-order valence-electron chi connectivity index (χ2n) is 6.93. The number of fused-ring (bicyclic) bond motifs is 1. The Bertz CT molecular complexity index is 671. The van der Waals surface area contributed by atoms with E-state index in [9.17, 15) is 4.79 Å². The van der Waals surface area contributed by atoms with Crippen molar-refractivity contribution in [2.75, 3.05) is 5.32 Å². The SMILES string of the molecule is CC(C)(C)C1CCc2onc(C(=O)Nc3ccncc3)c2C1. The molecule has 5 nitrogen and oxygen atoms in total. The van der Waals surface area contributed by atoms with Crippen molar-refractivity contribution in [1.82, 2.24) is 10.1 Å². The Morgan fingerprint density at radius 3 is 2.73 bits per heavy atom. The second kappa shape index (κ2) is 5.55. The summed E-state index contributed by atoms with van der Waals surface area (Å²) in [4.78, 5) is 16.4. The zero-order valence-corrected chi connectivity index (χ0v) is 13.2. The number of pyridine rings is 1. The summed E-state index contributed by atoms with van der Waals surface area (Å²) in [5.74, 6) is 1.18. The molecule has 1 aliphatic rings. The van der Waals surface area contributed by atoms with Crippen molar-refractivity contribution in [1.29, 1.82) is 0 Å². The lowest BCUT2D eigenvalue weighted by atomic mass is 9.71. The van der Waals surface area contributed by atoms with Gasteiger partial charge in [-0.25, -0.2) is 0 Å². The van der Waals surface area contributed by atoms with E-state index in [1.165, 1.54) is 0 Å². The van der Waals surface area contributed by atoms with Crippen LogP contribution in [0.2, 0.25) is 0 Å². The lowest BCUT2D eigenvalue weighted by Crippen LogP contribution is -2.27. The third kappa shape index (κ3) is 2.89. The van der Waals surface area contributed by atoms with E-state index in [1.807, 2.05) is 0 Å². The van der Waals surface area contributed by atoms with Crippen LogP contribution in [0.5, 0.6) is 0 Å². The Kier molecular flexibility index (Phi) is 3.72. The molecule has 0 spiro atoms. The second-order valence-corrected chi connectivity index (χ2v) is 6.93. The average Bonchev–Trinajstić information content (AvgIpc) is 2.90. The number of rotatable bonds is 2. The number of hydrogen-bond donors (Lipinski definition) is 1. The van der Waals surface area contributed by atoms with Crippen LogP contribution in [0.4, 0.5) is 5.69 Å². The zero-order valence-electron chi connectivity index (χ0n) is 13.2. The largest absolute Gasteiger partial charge is 0.360 e. The number of aromatic nitrogens is 2. The van der Waals surface area contributed by atoms with Gasteiger partial charge in [0.1, 0.15) is 5.76 Å². The van der Waals surface area contributed by atoms with Gasteiger partial charge in [-0.1, -0.05) is 25.9 Å². The molecule has 22 heavy (non-hydrogen) atoms. The van der Waals surface area contributed by atoms with E-state index < -0.39 is 0 Å². The van der Waals surface area contributed by atoms with Crippen LogP contribution in [0.1, 0.15) is 49.0 Å². The van der Waals surface area contributed by atoms with E-state index in [4.69, 9.17) is 4.52 Å². The Morgan fingerprint density at radius 2 is 2.05 bits per heavy atom. The maximum Gasteiger partial charge on any atom is 0.278 e. The summed E-state index contributed by atoms with van der Waals surface area (Å²) in [6.45, 7) is 6.73. The molecule has 0 radical (unpaired) electrons. The van der Waals surface area contributed by atoms with Crippen LogP contribution in [-0.2, 0) is 12.8 Å². The number of hydrogen-bond acceptors (Lipinski definition) is 4. The van der Waals surface area contributed by atoms with Gasteiger partial charge in [-0.3, -0.25) is 9.78 Å². The van der Waals surface area contributed by atoms with Crippen molar-refractivity contribution in [2.24, 2.45) is 11.3 Å². The minimum Gasteiger partial charge on any atom is -0.360 e. The summed E-state index contributed by atoms with van der Waals surface area (Å²) in [7, 11) is 0. The summed E-state index contributed by atoms with van der Waals surface area (Å²) in [6, 6.07) is 3.50. The highest BCUT2D eigenvalue weighted by atomic mass is 16.5. The third-order valence-electron chi connectivity index (χ3n) is 4.42. The molecule has 3 rings (SSSR count). The van der Waals surface area contributed by atoms with Gasteiger partial charge in [0, 0.05) is 30.1 Å². The first-order valence-electron chi connectivity index (χ1n) is 7.64. The molecule has 2 heterocycles. The van der Waals surface area contributed by atoms with E-state index in [2.05, 4.69) is 36.2 Å². The molecule has 1 atom stereocenters. The Labute approximate surface area is 130 Å². The molecule has 116 valence electrons. The van der Waals surface area contributed by atoms with Crippen molar-refractivity contribution in [3.63, 3.8) is 0 Å². The fourth-order valence-corrected chi connectivity index (χ4v) is 2.95. The summed E-state index contributed by atoms with van der Waals surface area (Å²) in [6.07, 6.45) is 6.07. The van der Waals surface area contributed by atoms with Crippen LogP contribution < -0.4 is 5.32 Å². The van der Waals surface area contributed by atoms with Gasteiger partial charge in [-0.05, 0) is 36.3 Å². The molecule has 2 aromatic heterocycles. The third-order valence-corrected chi connectivity index (χ3v) is 4.42. The van der Waals surface area contributed by atoms with Gasteiger partial charge >= 0.3 is 0 Å². The molecule has 0 saturated heterocycles. The first-order chi connectivity index (χ1) is 10.4. The summed E-state index contributed by atoms with van der Waals surface area (Å²) in [5, 5.41) is 6.85. The summed E-state index contributed by atoms with van der Waals surface area (Å²) < 4.78 is 5.38. The maximum atomic E-state index is 12.4. The lowest BCUT2D eigenvalue weighted by molar-refractivity contribution is 0.101. The van der Waals surface area contributed by atoms with Gasteiger partial charge in [0.05, 0.1) is 0 Å². The van der Waals surface area contributed by atoms with Gasteiger partial charge in [-0.2, -0.15) is 0 Å². The molecule has 0 fully saturated rings. The minimum absolute atomic E-state index is 0.216. The Morgan fingerprint density at radius 1 is 1.32 bits per heavy atom. The minimum atomic E-state index is -0.217. The van der Waals surface area contributed by atoms with Crippen LogP contribution >= 0.6 is 0 Å². The topological polar surface area (TPSA) is 68.0 Å². The molecule has 1 aliphatic carbocycles. The monoisotopic (exact) mass is 299 g/mol. The number of carbonyl (C=O) groups is 1. The average molecular weight is 299 g/mol. The molecular weight excluding hydrogens is 278 g/mol. The predicted molar refractivity (Wildman–Crippen MR) is 83.7 cm³/mol. The lowest BCUT2D eigenvalue weighted by Gasteiger charge is -2.33. The van der Waals surface area contributed by atoms with Gasteiger partial charge in [0.15, 0.2) is 5.69 Å². The number of anilines is 1. The van der Waals surface area contributed by atoms with Crippen LogP contribution in [0, 0.1) is 11.3 Å². The summed E-state index contributed by atoms with van der Waals surface area (Å²) in [5.41, 5.74) is 2.31. The Hall–Kier alpha value is -2.17. The van der Waals surface area contributed by atoms with E-state index in [-0.39, 0.29) is 11.3 Å². The zero-order chi connectivity index (χ0) is 15.7. The van der Waals surface area contributed by atoms with Crippen molar-refractivity contribution >= 4 is 11.6 Å². The standard InChI is InChI=1S/C17H21N3O2/c1-17(2,3)11-4-5-14-13(10-11)15(20-22-14)16(21)19-12-6-8-18-9-7-12/h6-9,11H,4-5,10H2,1-3H3,(H,18,19,21). The van der Waals surface area contributed by atoms with Gasteiger partial charge in [-0.15, -0.1) is 0 Å². The predicted octanol–water partition coefficient (Wildman–Crippen LogP) is 3.47. The van der Waals surface area contributed by atoms with Crippen LogP contribution in [0.15, 0.2) is 29.0 Å². The molecule has 0 bridgehead atoms. The van der Waals surface area contributed by atoms with Crippen molar-refractivity contribution in [2.45, 2.75) is 40.0 Å². The fourth-order valence-electron chi connectivity index (χ4n) is 2.95. The van der Waals surface area contributed by atoms with E-state index in [0.717, 1.165) is 30.6 Å². The van der Waals surface area contributed by atoms with Crippen molar-refractivity contribution in [3.05, 3.63) is 41.5 Å². The van der Waals surface area contributed by atoms with Crippen molar-refractivity contribution in [3.8, 4) is 0 Å². The highest BCUT2D eigenvalue weighted by Crippen LogP contribution is 2.38. The normalized spacial score (nSPS) is 17.9.